The molecule has 0 bridgehead atoms. The van der Waals surface area contributed by atoms with Crippen molar-refractivity contribution in [2.45, 2.75) is 24.8 Å². The fraction of sp³-hybridized carbons (Fsp3) is 0.300. The quantitative estimate of drug-likeness (QED) is 0.635. The van der Waals surface area contributed by atoms with Crippen molar-refractivity contribution in [3.63, 3.8) is 0 Å². The molecule has 1 aromatic rings. The number of benzene rings is 1. The zero-order chi connectivity index (χ0) is 14.1. The molecule has 0 saturated heterocycles. The van der Waals surface area contributed by atoms with E-state index in [1.165, 1.54) is 13.8 Å². The molecule has 0 aliphatic carbocycles. The second-order valence-corrected chi connectivity index (χ2v) is 6.19. The van der Waals surface area contributed by atoms with Crippen LogP contribution >= 0.6 is 10.7 Å². The van der Waals surface area contributed by atoms with Crippen LogP contribution in [0.3, 0.4) is 0 Å². The summed E-state index contributed by atoms with van der Waals surface area (Å²) in [6.07, 6.45) is -0.530. The topological polar surface area (TPSA) is 60.4 Å². The third kappa shape index (κ3) is 3.39. The van der Waals surface area contributed by atoms with Crippen LogP contribution in [0.15, 0.2) is 17.0 Å². The van der Waals surface area contributed by atoms with Gasteiger partial charge in [-0.1, -0.05) is 0 Å². The molecule has 0 atom stereocenters. The maximum atomic E-state index is 13.3. The van der Waals surface area contributed by atoms with Gasteiger partial charge in [0.15, 0.2) is 0 Å². The molecule has 0 saturated carbocycles. The normalized spacial score (nSPS) is 11.7. The van der Waals surface area contributed by atoms with E-state index in [1.807, 2.05) is 0 Å². The third-order valence-corrected chi connectivity index (χ3v) is 3.18. The summed E-state index contributed by atoms with van der Waals surface area (Å²) in [5, 5.41) is 0. The van der Waals surface area contributed by atoms with Crippen molar-refractivity contribution in [2.75, 3.05) is 0 Å². The van der Waals surface area contributed by atoms with Crippen LogP contribution in [0, 0.1) is 11.6 Å². The van der Waals surface area contributed by atoms with Gasteiger partial charge in [-0.15, -0.1) is 0 Å². The summed E-state index contributed by atoms with van der Waals surface area (Å²) in [7, 11) is 0.544. The Morgan fingerprint density at radius 3 is 2.28 bits per heavy atom. The van der Waals surface area contributed by atoms with Crippen molar-refractivity contribution < 1.29 is 26.7 Å². The molecule has 4 nitrogen and oxygen atoms in total. The van der Waals surface area contributed by atoms with E-state index in [0.717, 1.165) is 0 Å². The molecule has 1 rings (SSSR count). The van der Waals surface area contributed by atoms with Gasteiger partial charge in [0.05, 0.1) is 11.7 Å². The number of esters is 1. The predicted molar refractivity (Wildman–Crippen MR) is 59.9 cm³/mol. The van der Waals surface area contributed by atoms with Crippen molar-refractivity contribution in [3.8, 4) is 0 Å². The van der Waals surface area contributed by atoms with Gasteiger partial charge in [0, 0.05) is 16.7 Å². The highest BCUT2D eigenvalue weighted by molar-refractivity contribution is 8.13. The number of hydrogen-bond acceptors (Lipinski definition) is 4. The summed E-state index contributed by atoms with van der Waals surface area (Å²) in [5.41, 5.74) is -0.690. The minimum Gasteiger partial charge on any atom is -0.459 e. The van der Waals surface area contributed by atoms with Crippen LogP contribution < -0.4 is 0 Å². The lowest BCUT2D eigenvalue weighted by atomic mass is 10.2. The molecule has 1 aromatic carbocycles. The van der Waals surface area contributed by atoms with Crippen LogP contribution in [0.4, 0.5) is 8.78 Å². The summed E-state index contributed by atoms with van der Waals surface area (Å²) in [6, 6.07) is 0.782. The number of halogens is 3. The van der Waals surface area contributed by atoms with Crippen molar-refractivity contribution >= 4 is 25.7 Å². The number of carbonyl (C=O) groups is 1. The van der Waals surface area contributed by atoms with Gasteiger partial charge in [0.2, 0.25) is 0 Å². The van der Waals surface area contributed by atoms with Crippen molar-refractivity contribution in [2.24, 2.45) is 0 Å². The van der Waals surface area contributed by atoms with Crippen molar-refractivity contribution in [1.82, 2.24) is 0 Å². The van der Waals surface area contributed by atoms with Crippen LogP contribution in [0.25, 0.3) is 0 Å². The Kier molecular flexibility index (Phi) is 4.28. The standard InChI is InChI=1S/C10H9ClF2O4S/c1-5(2)17-10(14)6-3-9(18(11,15)16)8(13)4-7(6)12/h3-5H,1-2H3. The minimum absolute atomic E-state index is 0.270. The second-order valence-electron chi connectivity index (χ2n) is 3.65. The Morgan fingerprint density at radius 2 is 1.83 bits per heavy atom. The van der Waals surface area contributed by atoms with Gasteiger partial charge in [-0.25, -0.2) is 22.0 Å². The van der Waals surface area contributed by atoms with E-state index in [4.69, 9.17) is 10.7 Å². The fourth-order valence-corrected chi connectivity index (χ4v) is 2.06. The van der Waals surface area contributed by atoms with Gasteiger partial charge in [0.25, 0.3) is 9.05 Å². The first-order chi connectivity index (χ1) is 8.12. The molecular formula is C10H9ClF2O4S. The zero-order valence-corrected chi connectivity index (χ0v) is 11.0. The van der Waals surface area contributed by atoms with Gasteiger partial charge in [-0.2, -0.15) is 0 Å². The van der Waals surface area contributed by atoms with Crippen LogP contribution in [0.2, 0.25) is 0 Å². The van der Waals surface area contributed by atoms with Crippen LogP contribution in [-0.4, -0.2) is 20.5 Å². The molecule has 0 aliphatic heterocycles. The summed E-state index contributed by atoms with van der Waals surface area (Å²) >= 11 is 0. The zero-order valence-electron chi connectivity index (χ0n) is 9.41. The predicted octanol–water partition coefficient (Wildman–Crippen LogP) is 2.46. The fourth-order valence-electron chi connectivity index (χ4n) is 1.15. The van der Waals surface area contributed by atoms with E-state index in [9.17, 15) is 22.0 Å². The number of carbonyl (C=O) groups excluding carboxylic acids is 1. The highest BCUT2D eigenvalue weighted by Crippen LogP contribution is 2.23. The SMILES string of the molecule is CC(C)OC(=O)c1cc(S(=O)(=O)Cl)c(F)cc1F. The average molecular weight is 299 g/mol. The van der Waals surface area contributed by atoms with Crippen LogP contribution in [0.1, 0.15) is 24.2 Å². The van der Waals surface area contributed by atoms with Gasteiger partial charge >= 0.3 is 5.97 Å². The lowest BCUT2D eigenvalue weighted by molar-refractivity contribution is 0.0372. The minimum atomic E-state index is -4.41. The van der Waals surface area contributed by atoms with Gasteiger partial charge < -0.3 is 4.74 Å². The largest absolute Gasteiger partial charge is 0.459 e. The Bertz CT molecular complexity index is 584. The number of rotatable bonds is 3. The number of hydrogen-bond donors (Lipinski definition) is 0. The van der Waals surface area contributed by atoms with Crippen molar-refractivity contribution in [1.29, 1.82) is 0 Å². The van der Waals surface area contributed by atoms with E-state index in [1.54, 1.807) is 0 Å². The van der Waals surface area contributed by atoms with Gasteiger partial charge in [0.1, 0.15) is 16.5 Å². The van der Waals surface area contributed by atoms with E-state index in [-0.39, 0.29) is 6.07 Å². The first-order valence-electron chi connectivity index (χ1n) is 4.77. The highest BCUT2D eigenvalue weighted by atomic mass is 35.7. The van der Waals surface area contributed by atoms with Crippen molar-refractivity contribution in [3.05, 3.63) is 29.3 Å². The van der Waals surface area contributed by atoms with Crippen LogP contribution in [0.5, 0.6) is 0 Å². The maximum absolute atomic E-state index is 13.3. The molecule has 18 heavy (non-hydrogen) atoms. The molecule has 0 aliphatic rings. The summed E-state index contributed by atoms with van der Waals surface area (Å²) < 4.78 is 53.2. The lowest BCUT2D eigenvalue weighted by Gasteiger charge is -2.09. The summed E-state index contributed by atoms with van der Waals surface area (Å²) in [5.74, 6) is -3.69. The molecule has 0 aromatic heterocycles. The van der Waals surface area contributed by atoms with Gasteiger partial charge in [-0.3, -0.25) is 0 Å². The Balaban J connectivity index is 3.34. The summed E-state index contributed by atoms with van der Waals surface area (Å²) in [6.45, 7) is 3.05. The smallest absolute Gasteiger partial charge is 0.341 e. The maximum Gasteiger partial charge on any atom is 0.341 e. The Labute approximate surface area is 107 Å². The van der Waals surface area contributed by atoms with E-state index in [2.05, 4.69) is 4.74 Å². The lowest BCUT2D eigenvalue weighted by Crippen LogP contribution is -2.14. The summed E-state index contributed by atoms with van der Waals surface area (Å²) in [4.78, 5) is 10.5. The molecule has 0 fully saturated rings. The molecule has 0 N–H and O–H groups in total. The Hall–Kier alpha value is -1.21. The Morgan fingerprint density at radius 1 is 1.28 bits per heavy atom. The molecule has 0 spiro atoms. The molecule has 100 valence electrons. The average Bonchev–Trinajstić information content (AvgIpc) is 2.13. The van der Waals surface area contributed by atoms with E-state index in [0.29, 0.717) is 6.07 Å². The van der Waals surface area contributed by atoms with E-state index < -0.39 is 43.2 Å². The van der Waals surface area contributed by atoms with Gasteiger partial charge in [-0.05, 0) is 19.9 Å². The monoisotopic (exact) mass is 298 g/mol. The molecule has 0 amide bonds. The molecule has 0 unspecified atom stereocenters. The van der Waals surface area contributed by atoms with E-state index >= 15 is 0 Å². The third-order valence-electron chi connectivity index (χ3n) is 1.85. The first-order valence-corrected chi connectivity index (χ1v) is 7.08. The second kappa shape index (κ2) is 5.19. The first kappa shape index (κ1) is 14.8. The molecule has 8 heteroatoms. The van der Waals surface area contributed by atoms with Crippen LogP contribution in [-0.2, 0) is 13.8 Å². The molecular weight excluding hydrogens is 290 g/mol. The molecule has 0 heterocycles. The molecule has 0 radical (unpaired) electrons. The highest BCUT2D eigenvalue weighted by Gasteiger charge is 2.23. The number of ether oxygens (including phenoxy) is 1.